The monoisotopic (exact) mass is 514 g/mol. The normalized spacial score (nSPS) is 13.4. The Labute approximate surface area is 184 Å². The topological polar surface area (TPSA) is 40.5 Å². The maximum Gasteiger partial charge on any atom is 0.119 e. The molecule has 0 aromatic heterocycles. The number of para-hydroxylation sites is 2. The van der Waals surface area contributed by atoms with Crippen LogP contribution in [-0.4, -0.2) is 21.7 Å². The van der Waals surface area contributed by atoms with E-state index in [0.717, 1.165) is 36.8 Å². The second-order valence-electron chi connectivity index (χ2n) is 6.66. The van der Waals surface area contributed by atoms with Gasteiger partial charge in [0.25, 0.3) is 0 Å². The number of hydrogen-bond donors (Lipinski definition) is 2. The highest BCUT2D eigenvalue weighted by Crippen LogP contribution is 2.35. The van der Waals surface area contributed by atoms with Crippen molar-refractivity contribution in [2.45, 2.75) is 48.2 Å². The molecule has 2 N–H and O–H groups in total. The third-order valence-corrected chi connectivity index (χ3v) is 7.60. The van der Waals surface area contributed by atoms with Gasteiger partial charge in [0, 0.05) is 20.8 Å². The number of hydrogen-bond acceptors (Lipinski definition) is 3. The predicted octanol–water partition coefficient (Wildman–Crippen LogP) is 7.74. The van der Waals surface area contributed by atoms with E-state index in [2.05, 4.69) is 31.9 Å². The third kappa shape index (κ3) is 8.08. The minimum atomic E-state index is 0.231. The molecule has 148 valence electrons. The molecule has 2 aromatic carbocycles. The number of thioether (sulfide) groups is 1. The summed E-state index contributed by atoms with van der Waals surface area (Å²) in [5.74, 6) is 3.14. The highest BCUT2D eigenvalue weighted by Gasteiger charge is 2.12. The SMILES string of the molecule is Oc1ccccc1C(Br)CCCCSCCCCC(Br)c1ccccc1O. The molecule has 0 spiro atoms. The van der Waals surface area contributed by atoms with Gasteiger partial charge in [-0.1, -0.05) is 81.1 Å². The Hall–Kier alpha value is -0.650. The maximum atomic E-state index is 9.88. The first-order chi connectivity index (χ1) is 13.1. The van der Waals surface area contributed by atoms with E-state index in [1.165, 1.54) is 24.3 Å². The number of alkyl halides is 2. The van der Waals surface area contributed by atoms with E-state index in [9.17, 15) is 10.2 Å². The van der Waals surface area contributed by atoms with Gasteiger partial charge in [-0.25, -0.2) is 0 Å². The molecule has 0 aliphatic rings. The molecule has 0 aliphatic heterocycles. The summed E-state index contributed by atoms with van der Waals surface area (Å²) in [5.41, 5.74) is 1.97. The molecule has 27 heavy (non-hydrogen) atoms. The number of rotatable bonds is 12. The van der Waals surface area contributed by atoms with E-state index in [1.807, 2.05) is 48.2 Å². The summed E-state index contributed by atoms with van der Waals surface area (Å²) in [6.45, 7) is 0. The predicted molar refractivity (Wildman–Crippen MR) is 125 cm³/mol. The lowest BCUT2D eigenvalue weighted by Crippen LogP contribution is -1.93. The van der Waals surface area contributed by atoms with Gasteiger partial charge in [-0.3, -0.25) is 0 Å². The standard InChI is InChI=1S/C22H28Br2O2S/c23-19(17-9-1-3-13-21(17)25)11-5-7-15-27-16-8-6-12-20(24)18-10-2-4-14-22(18)26/h1-4,9-10,13-14,19-20,25-26H,5-8,11-12,15-16H2. The quantitative estimate of drug-likeness (QED) is 0.224. The molecule has 2 aromatic rings. The molecule has 5 heteroatoms. The van der Waals surface area contributed by atoms with Gasteiger partial charge in [-0.15, -0.1) is 0 Å². The van der Waals surface area contributed by atoms with Crippen molar-refractivity contribution in [1.82, 2.24) is 0 Å². The molecule has 0 fully saturated rings. The molecule has 0 heterocycles. The highest BCUT2D eigenvalue weighted by atomic mass is 79.9. The van der Waals surface area contributed by atoms with Crippen LogP contribution in [0.4, 0.5) is 0 Å². The van der Waals surface area contributed by atoms with Crippen molar-refractivity contribution in [3.05, 3.63) is 59.7 Å². The van der Waals surface area contributed by atoms with E-state index < -0.39 is 0 Å². The van der Waals surface area contributed by atoms with Gasteiger partial charge < -0.3 is 10.2 Å². The lowest BCUT2D eigenvalue weighted by Gasteiger charge is -2.12. The summed E-state index contributed by atoms with van der Waals surface area (Å²) in [5, 5.41) is 19.8. The van der Waals surface area contributed by atoms with Crippen molar-refractivity contribution in [2.75, 3.05) is 11.5 Å². The molecule has 2 nitrogen and oxygen atoms in total. The minimum absolute atomic E-state index is 0.231. The van der Waals surface area contributed by atoms with Crippen molar-refractivity contribution in [3.63, 3.8) is 0 Å². The molecule has 0 bridgehead atoms. The van der Waals surface area contributed by atoms with Crippen LogP contribution in [0, 0.1) is 0 Å². The van der Waals surface area contributed by atoms with Crippen LogP contribution in [0.1, 0.15) is 59.3 Å². The lowest BCUT2D eigenvalue weighted by molar-refractivity contribution is 0.466. The Morgan fingerprint density at radius 3 is 1.48 bits per heavy atom. The van der Waals surface area contributed by atoms with Gasteiger partial charge in [-0.05, 0) is 49.3 Å². The first kappa shape index (κ1) is 22.6. The summed E-state index contributed by atoms with van der Waals surface area (Å²) < 4.78 is 0. The van der Waals surface area contributed by atoms with Gasteiger partial charge in [0.15, 0.2) is 0 Å². The molecule has 0 aliphatic carbocycles. The van der Waals surface area contributed by atoms with Crippen molar-refractivity contribution < 1.29 is 10.2 Å². The average Bonchev–Trinajstić information content (AvgIpc) is 2.67. The summed E-state index contributed by atoms with van der Waals surface area (Å²) in [4.78, 5) is 0.461. The number of halogens is 2. The number of phenolic OH excluding ortho intramolecular Hbond substituents is 2. The van der Waals surface area contributed by atoms with Crippen LogP contribution in [0.5, 0.6) is 11.5 Å². The van der Waals surface area contributed by atoms with E-state index in [1.54, 1.807) is 12.1 Å². The van der Waals surface area contributed by atoms with Gasteiger partial charge in [-0.2, -0.15) is 11.8 Å². The third-order valence-electron chi connectivity index (χ3n) is 4.54. The van der Waals surface area contributed by atoms with Crippen LogP contribution in [0.3, 0.4) is 0 Å². The van der Waals surface area contributed by atoms with Gasteiger partial charge in [0.2, 0.25) is 0 Å². The van der Waals surface area contributed by atoms with Crippen molar-refractivity contribution in [3.8, 4) is 11.5 Å². The molecular weight excluding hydrogens is 488 g/mol. The van der Waals surface area contributed by atoms with Gasteiger partial charge >= 0.3 is 0 Å². The average molecular weight is 516 g/mol. The fourth-order valence-electron chi connectivity index (χ4n) is 2.97. The number of phenols is 2. The van der Waals surface area contributed by atoms with Gasteiger partial charge in [0.1, 0.15) is 11.5 Å². The Balaban J connectivity index is 1.49. The zero-order valence-corrected chi connectivity index (χ0v) is 19.5. The first-order valence-corrected chi connectivity index (χ1v) is 12.5. The van der Waals surface area contributed by atoms with Crippen LogP contribution in [-0.2, 0) is 0 Å². The van der Waals surface area contributed by atoms with E-state index in [4.69, 9.17) is 0 Å². The van der Waals surface area contributed by atoms with Gasteiger partial charge in [0.05, 0.1) is 0 Å². The number of aromatic hydroxyl groups is 2. The molecule has 0 saturated heterocycles. The smallest absolute Gasteiger partial charge is 0.119 e. The molecule has 2 rings (SSSR count). The summed E-state index contributed by atoms with van der Waals surface area (Å²) in [6.07, 6.45) is 6.83. The Kier molecular flexibility index (Phi) is 10.7. The van der Waals surface area contributed by atoms with Crippen molar-refractivity contribution in [2.24, 2.45) is 0 Å². The number of unbranched alkanes of at least 4 members (excludes halogenated alkanes) is 2. The Morgan fingerprint density at radius 1 is 0.667 bits per heavy atom. The second kappa shape index (κ2) is 12.7. The van der Waals surface area contributed by atoms with Crippen LogP contribution in [0.2, 0.25) is 0 Å². The molecule has 2 atom stereocenters. The minimum Gasteiger partial charge on any atom is -0.508 e. The Morgan fingerprint density at radius 2 is 1.07 bits per heavy atom. The summed E-state index contributed by atoms with van der Waals surface area (Å²) in [6, 6.07) is 15.1. The fourth-order valence-corrected chi connectivity index (χ4v) is 5.42. The molecule has 0 amide bonds. The van der Waals surface area contributed by atoms with E-state index >= 15 is 0 Å². The second-order valence-corrected chi connectivity index (χ2v) is 10.1. The molecular formula is C22H28Br2O2S. The molecule has 0 radical (unpaired) electrons. The van der Waals surface area contributed by atoms with Crippen LogP contribution in [0.15, 0.2) is 48.5 Å². The molecule has 2 unspecified atom stereocenters. The zero-order valence-electron chi connectivity index (χ0n) is 15.5. The first-order valence-electron chi connectivity index (χ1n) is 9.51. The zero-order chi connectivity index (χ0) is 19.5. The van der Waals surface area contributed by atoms with E-state index in [0.29, 0.717) is 11.5 Å². The Bertz CT molecular complexity index is 623. The lowest BCUT2D eigenvalue weighted by atomic mass is 10.1. The van der Waals surface area contributed by atoms with Crippen LogP contribution < -0.4 is 0 Å². The fraction of sp³-hybridized carbons (Fsp3) is 0.455. The van der Waals surface area contributed by atoms with Crippen LogP contribution in [0.25, 0.3) is 0 Å². The summed E-state index contributed by atoms with van der Waals surface area (Å²) >= 11 is 9.40. The summed E-state index contributed by atoms with van der Waals surface area (Å²) in [7, 11) is 0. The van der Waals surface area contributed by atoms with Crippen molar-refractivity contribution in [1.29, 1.82) is 0 Å². The van der Waals surface area contributed by atoms with E-state index in [-0.39, 0.29) is 9.65 Å². The number of benzene rings is 2. The molecule has 0 saturated carbocycles. The maximum absolute atomic E-state index is 9.88. The highest BCUT2D eigenvalue weighted by molar-refractivity contribution is 9.09. The van der Waals surface area contributed by atoms with Crippen LogP contribution >= 0.6 is 43.6 Å². The van der Waals surface area contributed by atoms with Crippen molar-refractivity contribution >= 4 is 43.6 Å². The largest absolute Gasteiger partial charge is 0.508 e.